The molecule has 0 aliphatic carbocycles. The summed E-state index contributed by atoms with van der Waals surface area (Å²) < 4.78 is 5.60. The molecule has 26 heavy (non-hydrogen) atoms. The number of anilines is 2. The van der Waals surface area contributed by atoms with Gasteiger partial charge < -0.3 is 20.3 Å². The number of nitrogens with zero attached hydrogens (tertiary/aromatic N) is 2. The third kappa shape index (κ3) is 5.12. The molecule has 2 amide bonds. The molecule has 138 valence electrons. The normalized spacial score (nSPS) is 14.7. The van der Waals surface area contributed by atoms with Crippen LogP contribution >= 0.6 is 0 Å². The summed E-state index contributed by atoms with van der Waals surface area (Å²) in [5.41, 5.74) is 0.738. The van der Waals surface area contributed by atoms with Crippen molar-refractivity contribution in [3.8, 4) is 5.75 Å². The van der Waals surface area contributed by atoms with Gasteiger partial charge in [0.25, 0.3) is 0 Å². The van der Waals surface area contributed by atoms with E-state index in [1.807, 2.05) is 48.7 Å². The Morgan fingerprint density at radius 1 is 1.23 bits per heavy atom. The smallest absolute Gasteiger partial charge is 0.319 e. The van der Waals surface area contributed by atoms with Crippen molar-refractivity contribution in [1.82, 2.24) is 10.3 Å². The first-order chi connectivity index (χ1) is 12.7. The highest BCUT2D eigenvalue weighted by molar-refractivity contribution is 5.89. The van der Waals surface area contributed by atoms with Gasteiger partial charge >= 0.3 is 6.03 Å². The van der Waals surface area contributed by atoms with E-state index in [1.54, 1.807) is 0 Å². The molecule has 0 unspecified atom stereocenters. The number of pyridine rings is 1. The van der Waals surface area contributed by atoms with Gasteiger partial charge in [0.05, 0.1) is 6.61 Å². The standard InChI is InChI=1S/C20H26N4O2/c1-2-14-26-18-7-5-6-17(15-18)23-20(25)22-16-9-12-24(13-10-16)19-8-3-4-11-21-19/h3-8,11,15-16H,2,9-10,12-14H2,1H3,(H2,22,23,25). The van der Waals surface area contributed by atoms with Crippen LogP contribution in [0, 0.1) is 0 Å². The zero-order valence-corrected chi connectivity index (χ0v) is 15.1. The van der Waals surface area contributed by atoms with E-state index >= 15 is 0 Å². The number of carbonyl (C=O) groups is 1. The molecule has 2 N–H and O–H groups in total. The van der Waals surface area contributed by atoms with Crippen molar-refractivity contribution >= 4 is 17.5 Å². The van der Waals surface area contributed by atoms with Gasteiger partial charge in [-0.2, -0.15) is 0 Å². The summed E-state index contributed by atoms with van der Waals surface area (Å²) in [6.45, 7) is 4.52. The summed E-state index contributed by atoms with van der Waals surface area (Å²) in [5.74, 6) is 1.77. The zero-order chi connectivity index (χ0) is 18.2. The quantitative estimate of drug-likeness (QED) is 0.831. The Morgan fingerprint density at radius 2 is 2.08 bits per heavy atom. The lowest BCUT2D eigenvalue weighted by Gasteiger charge is -2.33. The number of amides is 2. The summed E-state index contributed by atoms with van der Waals surface area (Å²) in [6.07, 6.45) is 4.58. The molecule has 1 fully saturated rings. The molecule has 0 saturated carbocycles. The highest BCUT2D eigenvalue weighted by atomic mass is 16.5. The number of hydrogen-bond acceptors (Lipinski definition) is 4. The minimum atomic E-state index is -0.172. The number of ether oxygens (including phenoxy) is 1. The van der Waals surface area contributed by atoms with Gasteiger partial charge in [-0.15, -0.1) is 0 Å². The number of benzene rings is 1. The van der Waals surface area contributed by atoms with Gasteiger partial charge in [0.15, 0.2) is 0 Å². The van der Waals surface area contributed by atoms with E-state index in [2.05, 4.69) is 27.4 Å². The fourth-order valence-electron chi connectivity index (χ4n) is 3.03. The highest BCUT2D eigenvalue weighted by Gasteiger charge is 2.21. The summed E-state index contributed by atoms with van der Waals surface area (Å²) in [4.78, 5) is 18.9. The average molecular weight is 354 g/mol. The zero-order valence-electron chi connectivity index (χ0n) is 15.1. The Morgan fingerprint density at radius 3 is 2.81 bits per heavy atom. The van der Waals surface area contributed by atoms with Gasteiger partial charge in [0.1, 0.15) is 11.6 Å². The third-order valence-electron chi connectivity index (χ3n) is 4.37. The maximum Gasteiger partial charge on any atom is 0.319 e. The number of urea groups is 1. The van der Waals surface area contributed by atoms with Crippen molar-refractivity contribution in [3.63, 3.8) is 0 Å². The van der Waals surface area contributed by atoms with E-state index in [4.69, 9.17) is 4.74 Å². The minimum absolute atomic E-state index is 0.172. The van der Waals surface area contributed by atoms with Crippen molar-refractivity contribution in [2.24, 2.45) is 0 Å². The SMILES string of the molecule is CCCOc1cccc(NC(=O)NC2CCN(c3ccccn3)CC2)c1. The molecule has 0 bridgehead atoms. The Hall–Kier alpha value is -2.76. The summed E-state index contributed by atoms with van der Waals surface area (Å²) in [7, 11) is 0. The maximum atomic E-state index is 12.3. The maximum absolute atomic E-state index is 12.3. The molecule has 1 aliphatic rings. The lowest BCUT2D eigenvalue weighted by molar-refractivity contribution is 0.246. The molecular weight excluding hydrogens is 328 g/mol. The lowest BCUT2D eigenvalue weighted by atomic mass is 10.1. The van der Waals surface area contributed by atoms with Gasteiger partial charge in [0, 0.05) is 37.1 Å². The summed E-state index contributed by atoms with van der Waals surface area (Å²) >= 11 is 0. The first-order valence-electron chi connectivity index (χ1n) is 9.21. The second kappa shape index (κ2) is 9.08. The molecule has 3 rings (SSSR count). The summed E-state index contributed by atoms with van der Waals surface area (Å²) in [5, 5.41) is 5.96. The number of nitrogens with one attached hydrogen (secondary N) is 2. The van der Waals surface area contributed by atoms with Gasteiger partial charge in [-0.05, 0) is 43.5 Å². The van der Waals surface area contributed by atoms with Crippen LogP contribution in [0.25, 0.3) is 0 Å². The van der Waals surface area contributed by atoms with Crippen LogP contribution in [0.2, 0.25) is 0 Å². The molecule has 1 aromatic carbocycles. The van der Waals surface area contributed by atoms with Crippen LogP contribution in [0.15, 0.2) is 48.7 Å². The monoisotopic (exact) mass is 354 g/mol. The van der Waals surface area contributed by atoms with Gasteiger partial charge in [-0.3, -0.25) is 0 Å². The molecule has 6 nitrogen and oxygen atoms in total. The van der Waals surface area contributed by atoms with Gasteiger partial charge in [-0.25, -0.2) is 9.78 Å². The van der Waals surface area contributed by atoms with E-state index in [1.165, 1.54) is 0 Å². The molecule has 0 atom stereocenters. The molecule has 1 aromatic heterocycles. The van der Waals surface area contributed by atoms with E-state index < -0.39 is 0 Å². The molecule has 1 aliphatic heterocycles. The number of carbonyl (C=O) groups excluding carboxylic acids is 1. The van der Waals surface area contributed by atoms with E-state index in [0.717, 1.165) is 49.6 Å². The Kier molecular flexibility index (Phi) is 6.30. The van der Waals surface area contributed by atoms with E-state index in [-0.39, 0.29) is 12.1 Å². The van der Waals surface area contributed by atoms with Crippen LogP contribution in [0.3, 0.4) is 0 Å². The van der Waals surface area contributed by atoms with Gasteiger partial charge in [0.2, 0.25) is 0 Å². The van der Waals surface area contributed by atoms with Crippen molar-refractivity contribution < 1.29 is 9.53 Å². The fraction of sp³-hybridized carbons (Fsp3) is 0.400. The van der Waals surface area contributed by atoms with Crippen LogP contribution in [0.4, 0.5) is 16.3 Å². The number of rotatable bonds is 6. The molecule has 1 saturated heterocycles. The van der Waals surface area contributed by atoms with E-state index in [0.29, 0.717) is 6.61 Å². The largest absolute Gasteiger partial charge is 0.494 e. The second-order valence-corrected chi connectivity index (χ2v) is 6.42. The molecule has 0 spiro atoms. The van der Waals surface area contributed by atoms with Gasteiger partial charge in [-0.1, -0.05) is 19.1 Å². The Bertz CT molecular complexity index is 700. The number of hydrogen-bond donors (Lipinski definition) is 2. The first-order valence-corrected chi connectivity index (χ1v) is 9.21. The average Bonchev–Trinajstić information content (AvgIpc) is 2.68. The van der Waals surface area contributed by atoms with Crippen LogP contribution < -0.4 is 20.3 Å². The third-order valence-corrected chi connectivity index (χ3v) is 4.37. The van der Waals surface area contributed by atoms with E-state index in [9.17, 15) is 4.79 Å². The molecule has 0 radical (unpaired) electrons. The predicted octanol–water partition coefficient (Wildman–Crippen LogP) is 3.66. The van der Waals surface area contributed by atoms with Crippen molar-refractivity contribution in [3.05, 3.63) is 48.7 Å². The number of aromatic nitrogens is 1. The van der Waals surface area contributed by atoms with Crippen molar-refractivity contribution in [2.45, 2.75) is 32.2 Å². The highest BCUT2D eigenvalue weighted by Crippen LogP contribution is 2.19. The molecular formula is C20H26N4O2. The minimum Gasteiger partial charge on any atom is -0.494 e. The lowest BCUT2D eigenvalue weighted by Crippen LogP contribution is -2.46. The van der Waals surface area contributed by atoms with Crippen LogP contribution in [-0.2, 0) is 0 Å². The molecule has 2 aromatic rings. The fourth-order valence-corrected chi connectivity index (χ4v) is 3.03. The van der Waals surface area contributed by atoms with Crippen LogP contribution in [0.5, 0.6) is 5.75 Å². The van der Waals surface area contributed by atoms with Crippen molar-refractivity contribution in [1.29, 1.82) is 0 Å². The summed E-state index contributed by atoms with van der Waals surface area (Å²) in [6, 6.07) is 13.4. The number of piperidine rings is 1. The molecule has 2 heterocycles. The van der Waals surface area contributed by atoms with Crippen molar-refractivity contribution in [2.75, 3.05) is 29.9 Å². The van der Waals surface area contributed by atoms with Crippen LogP contribution in [0.1, 0.15) is 26.2 Å². The van der Waals surface area contributed by atoms with Crippen LogP contribution in [-0.4, -0.2) is 36.8 Å². The predicted molar refractivity (Wildman–Crippen MR) is 104 cm³/mol. The topological polar surface area (TPSA) is 66.5 Å². The first kappa shape index (κ1) is 18.0. The Balaban J connectivity index is 1.46. The Labute approximate surface area is 154 Å². The molecule has 6 heteroatoms. The second-order valence-electron chi connectivity index (χ2n) is 6.42.